The highest BCUT2D eigenvalue weighted by molar-refractivity contribution is 8.26. The van der Waals surface area contributed by atoms with Crippen LogP contribution in [0.25, 0.3) is 6.08 Å². The van der Waals surface area contributed by atoms with Crippen molar-refractivity contribution in [1.82, 2.24) is 4.90 Å². The highest BCUT2D eigenvalue weighted by atomic mass is 32.2. The lowest BCUT2D eigenvalue weighted by molar-refractivity contribution is -0.126. The quantitative estimate of drug-likeness (QED) is 0.366. The molecule has 1 heterocycles. The lowest BCUT2D eigenvalue weighted by Gasteiger charge is -2.14. The van der Waals surface area contributed by atoms with Gasteiger partial charge in [-0.3, -0.25) is 14.5 Å². The summed E-state index contributed by atoms with van der Waals surface area (Å²) in [5, 5.41) is 2.80. The zero-order valence-corrected chi connectivity index (χ0v) is 19.6. The third-order valence-corrected chi connectivity index (χ3v) is 6.29. The molecule has 0 unspecified atom stereocenters. The average molecular weight is 475 g/mol. The number of carbonyl (C=O) groups excluding carboxylic acids is 2. The van der Waals surface area contributed by atoms with E-state index < -0.39 is 0 Å². The number of rotatable bonds is 7. The Labute approximate surface area is 202 Å². The van der Waals surface area contributed by atoms with Crippen LogP contribution in [0.3, 0.4) is 0 Å². The molecule has 0 aliphatic carbocycles. The van der Waals surface area contributed by atoms with Crippen molar-refractivity contribution in [3.63, 3.8) is 0 Å². The van der Waals surface area contributed by atoms with E-state index in [1.54, 1.807) is 6.08 Å². The van der Waals surface area contributed by atoms with E-state index in [0.717, 1.165) is 16.7 Å². The Morgan fingerprint density at radius 3 is 2.58 bits per heavy atom. The van der Waals surface area contributed by atoms with Gasteiger partial charge in [-0.1, -0.05) is 84.1 Å². The molecule has 5 nitrogen and oxygen atoms in total. The molecule has 7 heteroatoms. The first-order valence-corrected chi connectivity index (χ1v) is 11.6. The van der Waals surface area contributed by atoms with Crippen LogP contribution < -0.4 is 10.1 Å². The number of amides is 2. The van der Waals surface area contributed by atoms with Crippen LogP contribution in [0, 0.1) is 6.92 Å². The van der Waals surface area contributed by atoms with Crippen molar-refractivity contribution in [2.45, 2.75) is 13.5 Å². The van der Waals surface area contributed by atoms with E-state index in [4.69, 9.17) is 17.0 Å². The van der Waals surface area contributed by atoms with Crippen LogP contribution in [0.1, 0.15) is 16.7 Å². The number of ether oxygens (including phenoxy) is 1. The first kappa shape index (κ1) is 22.8. The molecule has 1 aliphatic heterocycles. The van der Waals surface area contributed by atoms with E-state index in [2.05, 4.69) is 5.32 Å². The molecule has 0 aromatic heterocycles. The van der Waals surface area contributed by atoms with Gasteiger partial charge in [-0.2, -0.15) is 0 Å². The summed E-state index contributed by atoms with van der Waals surface area (Å²) in [6.07, 6.45) is 1.77. The molecule has 166 valence electrons. The minimum absolute atomic E-state index is 0.129. The first-order valence-electron chi connectivity index (χ1n) is 10.4. The molecule has 1 N–H and O–H groups in total. The van der Waals surface area contributed by atoms with E-state index in [0.29, 0.717) is 27.3 Å². The number of aryl methyl sites for hydroxylation is 1. The number of hydrogen-bond donors (Lipinski definition) is 1. The predicted octanol–water partition coefficient (Wildman–Crippen LogP) is 5.41. The third-order valence-electron chi connectivity index (χ3n) is 4.91. The summed E-state index contributed by atoms with van der Waals surface area (Å²) in [5.41, 5.74) is 3.68. The van der Waals surface area contributed by atoms with E-state index in [1.165, 1.54) is 16.7 Å². The number of nitrogens with one attached hydrogen (secondary N) is 1. The number of thiocarbonyl (C=S) groups is 1. The van der Waals surface area contributed by atoms with Crippen LogP contribution in [-0.2, 0) is 16.2 Å². The second kappa shape index (κ2) is 10.5. The van der Waals surface area contributed by atoms with E-state index in [9.17, 15) is 9.59 Å². The molecule has 4 rings (SSSR count). The van der Waals surface area contributed by atoms with Crippen LogP contribution in [0.4, 0.5) is 5.69 Å². The molecule has 33 heavy (non-hydrogen) atoms. The topological polar surface area (TPSA) is 58.6 Å². The van der Waals surface area contributed by atoms with Gasteiger partial charge in [0.25, 0.3) is 5.91 Å². The number of benzene rings is 3. The standard InChI is InChI=1S/C26H22N2O3S2/c1-18-10-12-21(13-11-18)27-24(29)16-28-25(30)23(33-26(28)32)15-20-8-5-9-22(14-20)31-17-19-6-3-2-4-7-19/h2-15H,16-17H2,1H3,(H,27,29)/b23-15-. The number of anilines is 1. The zero-order valence-electron chi connectivity index (χ0n) is 18.0. The van der Waals surface area contributed by atoms with E-state index in [1.807, 2.05) is 85.8 Å². The van der Waals surface area contributed by atoms with Crippen molar-refractivity contribution in [2.24, 2.45) is 0 Å². The van der Waals surface area contributed by atoms with Crippen LogP contribution >= 0.6 is 24.0 Å². The Bertz CT molecular complexity index is 1210. The summed E-state index contributed by atoms with van der Waals surface area (Å²) >= 11 is 6.55. The molecule has 0 spiro atoms. The van der Waals surface area contributed by atoms with Crippen molar-refractivity contribution < 1.29 is 14.3 Å². The summed E-state index contributed by atoms with van der Waals surface area (Å²) < 4.78 is 6.24. The predicted molar refractivity (Wildman–Crippen MR) is 137 cm³/mol. The van der Waals surface area contributed by atoms with Gasteiger partial charge >= 0.3 is 0 Å². The summed E-state index contributed by atoms with van der Waals surface area (Å²) in [4.78, 5) is 27.1. The van der Waals surface area contributed by atoms with Gasteiger partial charge in [-0.05, 0) is 48.4 Å². The summed E-state index contributed by atoms with van der Waals surface area (Å²) in [5.74, 6) is 0.132. The molecule has 1 fully saturated rings. The summed E-state index contributed by atoms with van der Waals surface area (Å²) in [6.45, 7) is 2.31. The maximum absolute atomic E-state index is 12.9. The monoisotopic (exact) mass is 474 g/mol. The molecule has 0 radical (unpaired) electrons. The highest BCUT2D eigenvalue weighted by Crippen LogP contribution is 2.33. The first-order chi connectivity index (χ1) is 16.0. The Morgan fingerprint density at radius 2 is 1.82 bits per heavy atom. The third kappa shape index (κ3) is 6.09. The fourth-order valence-corrected chi connectivity index (χ4v) is 4.46. The fraction of sp³-hybridized carbons (Fsp3) is 0.115. The number of thioether (sulfide) groups is 1. The SMILES string of the molecule is Cc1ccc(NC(=O)CN2C(=O)/C(=C/c3cccc(OCc4ccccc4)c3)SC2=S)cc1. The minimum atomic E-state index is -0.298. The van der Waals surface area contributed by atoms with Gasteiger partial charge in [0, 0.05) is 5.69 Å². The largest absolute Gasteiger partial charge is 0.489 e. The second-order valence-electron chi connectivity index (χ2n) is 7.53. The highest BCUT2D eigenvalue weighted by Gasteiger charge is 2.33. The normalized spacial score (nSPS) is 14.6. The Kier molecular flexibility index (Phi) is 7.22. The maximum Gasteiger partial charge on any atom is 0.266 e. The van der Waals surface area contributed by atoms with Crippen LogP contribution in [-0.4, -0.2) is 27.6 Å². The molecule has 3 aromatic carbocycles. The Hall–Kier alpha value is -3.42. The second-order valence-corrected chi connectivity index (χ2v) is 9.20. The van der Waals surface area contributed by atoms with Crippen LogP contribution in [0.15, 0.2) is 83.8 Å². The molecular formula is C26H22N2O3S2. The van der Waals surface area contributed by atoms with Gasteiger partial charge < -0.3 is 10.1 Å². The van der Waals surface area contributed by atoms with Gasteiger partial charge in [0.1, 0.15) is 23.2 Å². The minimum Gasteiger partial charge on any atom is -0.489 e. The molecule has 0 bridgehead atoms. The van der Waals surface area contributed by atoms with Gasteiger partial charge in [0.2, 0.25) is 5.91 Å². The molecule has 3 aromatic rings. The van der Waals surface area contributed by atoms with Crippen LogP contribution in [0.5, 0.6) is 5.75 Å². The fourth-order valence-electron chi connectivity index (χ4n) is 3.20. The van der Waals surface area contributed by atoms with Crippen LogP contribution in [0.2, 0.25) is 0 Å². The molecule has 1 aliphatic rings. The lowest BCUT2D eigenvalue weighted by atomic mass is 10.2. The van der Waals surface area contributed by atoms with Crippen molar-refractivity contribution in [3.05, 3.63) is 100 Å². The summed E-state index contributed by atoms with van der Waals surface area (Å²) in [6, 6.07) is 24.9. The molecule has 0 atom stereocenters. The molecular weight excluding hydrogens is 452 g/mol. The van der Waals surface area contributed by atoms with Crippen molar-refractivity contribution >= 4 is 51.9 Å². The number of carbonyl (C=O) groups is 2. The van der Waals surface area contributed by atoms with Gasteiger partial charge in [-0.15, -0.1) is 0 Å². The Balaban J connectivity index is 1.39. The average Bonchev–Trinajstić information content (AvgIpc) is 3.07. The van der Waals surface area contributed by atoms with Crippen molar-refractivity contribution in [3.8, 4) is 5.75 Å². The zero-order chi connectivity index (χ0) is 23.2. The molecule has 1 saturated heterocycles. The van der Waals surface area contributed by atoms with Gasteiger partial charge in [0.15, 0.2) is 0 Å². The van der Waals surface area contributed by atoms with Crippen molar-refractivity contribution in [2.75, 3.05) is 11.9 Å². The molecule has 0 saturated carbocycles. The summed E-state index contributed by atoms with van der Waals surface area (Å²) in [7, 11) is 0. The van der Waals surface area contributed by atoms with E-state index in [-0.39, 0.29) is 18.4 Å². The Morgan fingerprint density at radius 1 is 1.06 bits per heavy atom. The van der Waals surface area contributed by atoms with E-state index >= 15 is 0 Å². The molecule has 2 amide bonds. The maximum atomic E-state index is 12.9. The van der Waals surface area contributed by atoms with Crippen molar-refractivity contribution in [1.29, 1.82) is 0 Å². The van der Waals surface area contributed by atoms with Gasteiger partial charge in [0.05, 0.1) is 4.91 Å². The van der Waals surface area contributed by atoms with Gasteiger partial charge in [-0.25, -0.2) is 0 Å². The number of nitrogens with zero attached hydrogens (tertiary/aromatic N) is 1. The smallest absolute Gasteiger partial charge is 0.266 e. The number of hydrogen-bond acceptors (Lipinski definition) is 5. The lowest BCUT2D eigenvalue weighted by Crippen LogP contribution is -2.36.